The van der Waals surface area contributed by atoms with Crippen LogP contribution in [0.4, 0.5) is 11.5 Å². The summed E-state index contributed by atoms with van der Waals surface area (Å²) >= 11 is 0. The van der Waals surface area contributed by atoms with E-state index in [0.29, 0.717) is 12.1 Å². The van der Waals surface area contributed by atoms with Crippen LogP contribution in [0, 0.1) is 0 Å². The van der Waals surface area contributed by atoms with Crippen LogP contribution in [0.25, 0.3) is 5.69 Å². The predicted molar refractivity (Wildman–Crippen MR) is 116 cm³/mol. The van der Waals surface area contributed by atoms with Gasteiger partial charge in [0, 0.05) is 19.3 Å². The summed E-state index contributed by atoms with van der Waals surface area (Å²) in [6.45, 7) is 4.36. The molecule has 0 aliphatic rings. The summed E-state index contributed by atoms with van der Waals surface area (Å²) in [7, 11) is 0. The van der Waals surface area contributed by atoms with Crippen molar-refractivity contribution in [3.8, 4) is 5.69 Å². The minimum Gasteiger partial charge on any atom is -0.383 e. The largest absolute Gasteiger partial charge is 0.383 e. The Hall–Kier alpha value is -3.62. The minimum absolute atomic E-state index is 0.00683. The number of nitrogen functional groups attached to an aromatic ring is 1. The number of nitrogens with zero attached hydrogens (tertiary/aromatic N) is 4. The van der Waals surface area contributed by atoms with Gasteiger partial charge in [0.15, 0.2) is 5.69 Å². The Morgan fingerprint density at radius 2 is 1.93 bits per heavy atom. The van der Waals surface area contributed by atoms with Crippen LogP contribution in [-0.4, -0.2) is 31.8 Å². The van der Waals surface area contributed by atoms with E-state index in [2.05, 4.69) is 10.1 Å². The molecule has 0 aliphatic carbocycles. The zero-order valence-electron chi connectivity index (χ0n) is 17.2. The number of hydrogen-bond donors (Lipinski definition) is 2. The van der Waals surface area contributed by atoms with Crippen LogP contribution >= 0.6 is 0 Å². The molecule has 0 saturated carbocycles. The van der Waals surface area contributed by atoms with Crippen molar-refractivity contribution in [2.45, 2.75) is 39.7 Å². The Morgan fingerprint density at radius 3 is 2.60 bits per heavy atom. The third-order valence-corrected chi connectivity index (χ3v) is 4.85. The van der Waals surface area contributed by atoms with Gasteiger partial charge in [-0.05, 0) is 31.0 Å². The monoisotopic (exact) mass is 410 g/mol. The highest BCUT2D eigenvalue weighted by Crippen LogP contribution is 2.18. The second-order valence-corrected chi connectivity index (χ2v) is 6.94. The fraction of sp³-hybridized carbons (Fsp3) is 0.333. The number of aromatic amines is 1. The highest BCUT2D eigenvalue weighted by molar-refractivity contribution is 5.96. The van der Waals surface area contributed by atoms with E-state index >= 15 is 0 Å². The average Bonchev–Trinajstić information content (AvgIpc) is 3.20. The first-order valence-electron chi connectivity index (χ1n) is 9.98. The third kappa shape index (κ3) is 4.35. The summed E-state index contributed by atoms with van der Waals surface area (Å²) in [6, 6.07) is 9.55. The Morgan fingerprint density at radius 1 is 1.20 bits per heavy atom. The van der Waals surface area contributed by atoms with Crippen molar-refractivity contribution < 1.29 is 4.79 Å². The van der Waals surface area contributed by atoms with Crippen LogP contribution in [0.3, 0.4) is 0 Å². The lowest BCUT2D eigenvalue weighted by atomic mass is 10.2. The second kappa shape index (κ2) is 9.25. The smallest absolute Gasteiger partial charge is 0.330 e. The molecule has 0 aliphatic heterocycles. The maximum Gasteiger partial charge on any atom is 0.330 e. The number of H-pyrrole nitrogens is 1. The Labute approximate surface area is 173 Å². The molecule has 0 fully saturated rings. The summed E-state index contributed by atoms with van der Waals surface area (Å²) in [5.41, 5.74) is 6.51. The van der Waals surface area contributed by atoms with Crippen molar-refractivity contribution in [3.63, 3.8) is 0 Å². The maximum atomic E-state index is 13.0. The molecule has 0 spiro atoms. The molecule has 9 heteroatoms. The molecule has 1 aromatic carbocycles. The zero-order chi connectivity index (χ0) is 21.7. The summed E-state index contributed by atoms with van der Waals surface area (Å²) < 4.78 is 2.99. The van der Waals surface area contributed by atoms with Gasteiger partial charge in [0.2, 0.25) is 5.91 Å². The van der Waals surface area contributed by atoms with Crippen molar-refractivity contribution in [2.75, 3.05) is 17.2 Å². The quantitative estimate of drug-likeness (QED) is 0.586. The number of anilines is 2. The SMILES string of the molecule is CCCCn1c(N)c(N(CC)C(=O)Cc2cnn(-c3ccccc3)c2)c(=O)[nH]c1=O. The molecular formula is C21H26N6O3. The van der Waals surface area contributed by atoms with Gasteiger partial charge in [-0.25, -0.2) is 9.48 Å². The fourth-order valence-electron chi connectivity index (χ4n) is 3.28. The number of rotatable bonds is 8. The number of benzene rings is 1. The number of nitrogens with two attached hydrogens (primary N) is 1. The van der Waals surface area contributed by atoms with Crippen molar-refractivity contribution >= 4 is 17.4 Å². The number of likely N-dealkylation sites (N-methyl/N-ethyl adjacent to an activating group) is 1. The molecule has 0 bridgehead atoms. The van der Waals surface area contributed by atoms with E-state index in [4.69, 9.17) is 5.73 Å². The van der Waals surface area contributed by atoms with Gasteiger partial charge in [0.1, 0.15) is 5.82 Å². The molecule has 9 nitrogen and oxygen atoms in total. The van der Waals surface area contributed by atoms with Gasteiger partial charge >= 0.3 is 5.69 Å². The first-order valence-corrected chi connectivity index (χ1v) is 9.98. The molecule has 3 aromatic rings. The van der Waals surface area contributed by atoms with E-state index in [-0.39, 0.29) is 30.4 Å². The van der Waals surface area contributed by atoms with E-state index in [1.54, 1.807) is 24.0 Å². The fourth-order valence-corrected chi connectivity index (χ4v) is 3.28. The molecule has 3 rings (SSSR count). The number of nitrogens with one attached hydrogen (secondary N) is 1. The summed E-state index contributed by atoms with van der Waals surface area (Å²) in [5, 5.41) is 4.30. The van der Waals surface area contributed by atoms with E-state index in [1.807, 2.05) is 37.3 Å². The van der Waals surface area contributed by atoms with Crippen LogP contribution in [0.1, 0.15) is 32.3 Å². The van der Waals surface area contributed by atoms with Crippen LogP contribution in [0.2, 0.25) is 0 Å². The standard InChI is InChI=1S/C21H26N6O3/c1-3-5-11-26-19(22)18(20(29)24-21(26)30)25(4-2)17(28)12-15-13-23-27(14-15)16-9-7-6-8-10-16/h6-10,13-14H,3-5,11-12,22H2,1-2H3,(H,24,29,30). The molecule has 0 saturated heterocycles. The predicted octanol–water partition coefficient (Wildman–Crippen LogP) is 1.70. The number of para-hydroxylation sites is 1. The van der Waals surface area contributed by atoms with Crippen molar-refractivity contribution in [1.29, 1.82) is 0 Å². The third-order valence-electron chi connectivity index (χ3n) is 4.85. The number of hydrogen-bond acceptors (Lipinski definition) is 5. The minimum atomic E-state index is -0.666. The molecule has 0 unspecified atom stereocenters. The van der Waals surface area contributed by atoms with Crippen molar-refractivity contribution in [3.05, 3.63) is 69.1 Å². The van der Waals surface area contributed by atoms with Crippen molar-refractivity contribution in [1.82, 2.24) is 19.3 Å². The Balaban J connectivity index is 1.88. The number of amides is 1. The molecule has 30 heavy (non-hydrogen) atoms. The van der Waals surface area contributed by atoms with Crippen LogP contribution in [0.15, 0.2) is 52.3 Å². The van der Waals surface area contributed by atoms with Gasteiger partial charge in [-0.1, -0.05) is 31.5 Å². The lowest BCUT2D eigenvalue weighted by Gasteiger charge is -2.23. The number of unbranched alkanes of at least 4 members (excludes halogenated alkanes) is 1. The summed E-state index contributed by atoms with van der Waals surface area (Å²) in [4.78, 5) is 41.2. The molecule has 1 amide bonds. The maximum absolute atomic E-state index is 13.0. The van der Waals surface area contributed by atoms with Gasteiger partial charge in [-0.2, -0.15) is 5.10 Å². The molecule has 0 atom stereocenters. The first kappa shape index (κ1) is 21.1. The lowest BCUT2D eigenvalue weighted by Crippen LogP contribution is -2.41. The van der Waals surface area contributed by atoms with Crippen LogP contribution in [-0.2, 0) is 17.8 Å². The Bertz CT molecular complexity index is 1130. The van der Waals surface area contributed by atoms with E-state index < -0.39 is 11.2 Å². The molecule has 158 valence electrons. The molecule has 0 radical (unpaired) electrons. The Kier molecular flexibility index (Phi) is 6.51. The van der Waals surface area contributed by atoms with Gasteiger partial charge in [-0.15, -0.1) is 0 Å². The van der Waals surface area contributed by atoms with Gasteiger partial charge in [0.05, 0.1) is 18.3 Å². The molecule has 2 aromatic heterocycles. The van der Waals surface area contributed by atoms with Gasteiger partial charge in [0.25, 0.3) is 5.56 Å². The molecular weight excluding hydrogens is 384 g/mol. The van der Waals surface area contributed by atoms with Gasteiger partial charge < -0.3 is 10.6 Å². The van der Waals surface area contributed by atoms with E-state index in [0.717, 1.165) is 18.5 Å². The van der Waals surface area contributed by atoms with Crippen molar-refractivity contribution in [2.24, 2.45) is 0 Å². The van der Waals surface area contributed by atoms with E-state index in [9.17, 15) is 14.4 Å². The van der Waals surface area contributed by atoms with Crippen LogP contribution in [0.5, 0.6) is 0 Å². The number of carbonyl (C=O) groups excluding carboxylic acids is 1. The number of aromatic nitrogens is 4. The lowest BCUT2D eigenvalue weighted by molar-refractivity contribution is -0.117. The molecule has 2 heterocycles. The summed E-state index contributed by atoms with van der Waals surface area (Å²) in [6.07, 6.45) is 5.04. The summed E-state index contributed by atoms with van der Waals surface area (Å²) in [5.74, 6) is -0.296. The number of carbonyl (C=O) groups is 1. The second-order valence-electron chi connectivity index (χ2n) is 6.94. The normalized spacial score (nSPS) is 10.9. The highest BCUT2D eigenvalue weighted by Gasteiger charge is 2.23. The highest BCUT2D eigenvalue weighted by atomic mass is 16.2. The van der Waals surface area contributed by atoms with Crippen LogP contribution < -0.4 is 21.9 Å². The van der Waals surface area contributed by atoms with E-state index in [1.165, 1.54) is 9.47 Å². The topological polar surface area (TPSA) is 119 Å². The van der Waals surface area contributed by atoms with Gasteiger partial charge in [-0.3, -0.25) is 19.1 Å². The first-order chi connectivity index (χ1) is 14.5. The zero-order valence-corrected chi connectivity index (χ0v) is 17.2. The average molecular weight is 410 g/mol. The molecule has 3 N–H and O–H groups in total.